The minimum atomic E-state index is -0.553. The van der Waals surface area contributed by atoms with Crippen LogP contribution in [0.3, 0.4) is 0 Å². The van der Waals surface area contributed by atoms with Crippen LogP contribution >= 0.6 is 0 Å². The molecule has 5 N–H and O–H groups in total. The van der Waals surface area contributed by atoms with Gasteiger partial charge in [0.05, 0.1) is 23.8 Å². The second-order valence-corrected chi connectivity index (χ2v) is 8.69. The molecule has 0 saturated heterocycles. The van der Waals surface area contributed by atoms with Crippen LogP contribution in [-0.4, -0.2) is 25.7 Å². The third-order valence-corrected chi connectivity index (χ3v) is 6.59. The predicted octanol–water partition coefficient (Wildman–Crippen LogP) is 3.63. The molecule has 0 bridgehead atoms. The lowest BCUT2D eigenvalue weighted by Crippen LogP contribution is -2.16. The third kappa shape index (κ3) is 3.45. The molecule has 3 heterocycles. The zero-order valence-corrected chi connectivity index (χ0v) is 18.5. The minimum Gasteiger partial charge on any atom is -0.397 e. The highest BCUT2D eigenvalue weighted by Gasteiger charge is 2.52. The Hall–Kier alpha value is -4.01. The van der Waals surface area contributed by atoms with E-state index in [9.17, 15) is 4.79 Å². The maximum atomic E-state index is 15.1. The smallest absolute Gasteiger partial charge is 0.229 e. The van der Waals surface area contributed by atoms with Crippen LogP contribution in [0.4, 0.5) is 21.6 Å². The molecule has 5 rings (SSSR count). The molecule has 0 spiro atoms. The lowest BCUT2D eigenvalue weighted by atomic mass is 9.97. The first-order valence-electron chi connectivity index (χ1n) is 10.6. The number of carbonyl (C=O) groups excluding carboxylic acids is 1. The van der Waals surface area contributed by atoms with Crippen LogP contribution in [0.15, 0.2) is 43.1 Å². The van der Waals surface area contributed by atoms with E-state index in [1.165, 1.54) is 12.4 Å². The summed E-state index contributed by atoms with van der Waals surface area (Å²) in [5.74, 6) is -0.0749. The fourth-order valence-electron chi connectivity index (χ4n) is 4.57. The van der Waals surface area contributed by atoms with Gasteiger partial charge in [0.15, 0.2) is 5.82 Å². The molecular weight excluding hydrogens is 421 g/mol. The highest BCUT2D eigenvalue weighted by atomic mass is 19.1. The van der Waals surface area contributed by atoms with E-state index < -0.39 is 5.82 Å². The van der Waals surface area contributed by atoms with Crippen molar-refractivity contribution >= 4 is 33.9 Å². The Morgan fingerprint density at radius 1 is 1.15 bits per heavy atom. The molecule has 3 atom stereocenters. The van der Waals surface area contributed by atoms with E-state index in [2.05, 4.69) is 20.4 Å². The molecule has 1 fully saturated rings. The Morgan fingerprint density at radius 3 is 2.67 bits per heavy atom. The Kier molecular flexibility index (Phi) is 4.77. The fourth-order valence-corrected chi connectivity index (χ4v) is 4.57. The number of amides is 1. The van der Waals surface area contributed by atoms with Gasteiger partial charge >= 0.3 is 0 Å². The molecule has 0 radical (unpaired) electrons. The molecule has 1 aromatic carbocycles. The zero-order valence-electron chi connectivity index (χ0n) is 18.5. The molecule has 1 aliphatic rings. The van der Waals surface area contributed by atoms with Gasteiger partial charge in [-0.3, -0.25) is 14.5 Å². The molecule has 4 aromatic rings. The van der Waals surface area contributed by atoms with Gasteiger partial charge in [-0.15, -0.1) is 0 Å². The second-order valence-electron chi connectivity index (χ2n) is 8.69. The Bertz CT molecular complexity index is 1410. The fraction of sp³-hybridized carbons (Fsp3) is 0.250. The molecule has 3 aromatic heterocycles. The van der Waals surface area contributed by atoms with Crippen molar-refractivity contribution in [2.45, 2.75) is 19.8 Å². The Labute approximate surface area is 189 Å². The number of anilines is 3. The maximum Gasteiger partial charge on any atom is 0.229 e. The van der Waals surface area contributed by atoms with Gasteiger partial charge < -0.3 is 16.8 Å². The van der Waals surface area contributed by atoms with E-state index in [4.69, 9.17) is 11.5 Å². The highest BCUT2D eigenvalue weighted by molar-refractivity contribution is 6.01. The van der Waals surface area contributed by atoms with E-state index in [-0.39, 0.29) is 29.3 Å². The number of aryl methyl sites for hydroxylation is 1. The molecular formula is C24H24FN7O. The number of nitrogens with zero attached hydrogens (tertiary/aromatic N) is 4. The molecule has 0 unspecified atom stereocenters. The number of nitrogens with two attached hydrogens (primary N) is 2. The molecule has 1 saturated carbocycles. The number of nitrogens with one attached hydrogen (secondary N) is 1. The van der Waals surface area contributed by atoms with Crippen molar-refractivity contribution in [3.8, 4) is 11.1 Å². The van der Waals surface area contributed by atoms with E-state index in [1.807, 2.05) is 20.2 Å². The average molecular weight is 446 g/mol. The summed E-state index contributed by atoms with van der Waals surface area (Å²) in [6, 6.07) is 3.38. The van der Waals surface area contributed by atoms with Gasteiger partial charge in [-0.2, -0.15) is 5.10 Å². The van der Waals surface area contributed by atoms with Crippen LogP contribution in [0, 0.1) is 24.6 Å². The first kappa shape index (κ1) is 20.9. The summed E-state index contributed by atoms with van der Waals surface area (Å²) >= 11 is 0. The van der Waals surface area contributed by atoms with Crippen molar-refractivity contribution in [2.24, 2.45) is 18.9 Å². The molecule has 1 amide bonds. The number of fused-ring (bicyclic) bond motifs is 1. The van der Waals surface area contributed by atoms with Gasteiger partial charge in [-0.1, -0.05) is 6.92 Å². The van der Waals surface area contributed by atoms with Gasteiger partial charge in [-0.05, 0) is 41.5 Å². The van der Waals surface area contributed by atoms with Crippen LogP contribution in [0.5, 0.6) is 0 Å². The van der Waals surface area contributed by atoms with Crippen LogP contribution in [0.25, 0.3) is 21.9 Å². The maximum absolute atomic E-state index is 15.1. The van der Waals surface area contributed by atoms with Gasteiger partial charge in [0.2, 0.25) is 5.91 Å². The molecule has 1 aliphatic carbocycles. The topological polar surface area (TPSA) is 125 Å². The molecule has 0 aliphatic heterocycles. The predicted molar refractivity (Wildman–Crippen MR) is 126 cm³/mol. The Balaban J connectivity index is 1.46. The summed E-state index contributed by atoms with van der Waals surface area (Å²) in [4.78, 5) is 21.3. The standard InChI is InChI=1S/C24H24FN7O/c1-11-16(7-28-9-18(11)26)15-4-13-5-19(29-8-17(13)23(27)22(15)25)31-24(33)21-12(2)20(21)14-6-30-32(3)10-14/h4-10,12,20-21H,26-27H2,1-3H3,(H,29,31,33)/t12-,20-,21+/m1/s1. The largest absolute Gasteiger partial charge is 0.397 e. The first-order chi connectivity index (χ1) is 15.8. The zero-order chi connectivity index (χ0) is 23.4. The van der Waals surface area contributed by atoms with Gasteiger partial charge in [-0.25, -0.2) is 9.37 Å². The van der Waals surface area contributed by atoms with E-state index in [0.717, 1.165) is 11.1 Å². The summed E-state index contributed by atoms with van der Waals surface area (Å²) in [6.07, 6.45) is 8.30. The lowest BCUT2D eigenvalue weighted by molar-refractivity contribution is -0.117. The van der Waals surface area contributed by atoms with Gasteiger partial charge in [0.25, 0.3) is 0 Å². The van der Waals surface area contributed by atoms with Crippen molar-refractivity contribution in [1.29, 1.82) is 0 Å². The summed E-state index contributed by atoms with van der Waals surface area (Å²) in [5.41, 5.74) is 15.1. The number of nitrogen functional groups attached to an aromatic ring is 2. The molecule has 33 heavy (non-hydrogen) atoms. The summed E-state index contributed by atoms with van der Waals surface area (Å²) < 4.78 is 16.8. The SMILES string of the molecule is Cc1c(N)cncc1-c1cc2cc(NC(=O)[C@H]3[C@H](C)[C@@H]3c3cnn(C)c3)ncc2c(N)c1F. The number of carbonyl (C=O) groups is 1. The minimum absolute atomic E-state index is 0.0119. The van der Waals surface area contributed by atoms with Gasteiger partial charge in [0, 0.05) is 54.0 Å². The van der Waals surface area contributed by atoms with Crippen molar-refractivity contribution in [1.82, 2.24) is 19.7 Å². The third-order valence-electron chi connectivity index (χ3n) is 6.59. The number of benzene rings is 1. The summed E-state index contributed by atoms with van der Waals surface area (Å²) in [6.45, 7) is 3.85. The van der Waals surface area contributed by atoms with Crippen molar-refractivity contribution in [2.75, 3.05) is 16.8 Å². The number of hydrogen-bond acceptors (Lipinski definition) is 6. The van der Waals surface area contributed by atoms with E-state index in [1.54, 1.807) is 36.1 Å². The molecule has 8 nitrogen and oxygen atoms in total. The Morgan fingerprint density at radius 2 is 1.94 bits per heavy atom. The van der Waals surface area contributed by atoms with Gasteiger partial charge in [0.1, 0.15) is 5.82 Å². The summed E-state index contributed by atoms with van der Waals surface area (Å²) in [5, 5.41) is 8.23. The number of halogens is 1. The van der Waals surface area contributed by atoms with Crippen molar-refractivity contribution in [3.05, 3.63) is 60.1 Å². The van der Waals surface area contributed by atoms with Crippen molar-refractivity contribution < 1.29 is 9.18 Å². The normalized spacial score (nSPS) is 19.6. The quantitative estimate of drug-likeness (QED) is 0.412. The molecule has 168 valence electrons. The van der Waals surface area contributed by atoms with Crippen LogP contribution in [0.2, 0.25) is 0 Å². The van der Waals surface area contributed by atoms with Crippen LogP contribution in [0.1, 0.15) is 24.0 Å². The summed E-state index contributed by atoms with van der Waals surface area (Å²) in [7, 11) is 1.86. The molecule has 9 heteroatoms. The highest BCUT2D eigenvalue weighted by Crippen LogP contribution is 2.54. The lowest BCUT2D eigenvalue weighted by Gasteiger charge is -2.13. The number of rotatable bonds is 4. The monoisotopic (exact) mass is 445 g/mol. The van der Waals surface area contributed by atoms with E-state index in [0.29, 0.717) is 33.4 Å². The van der Waals surface area contributed by atoms with Crippen LogP contribution in [-0.2, 0) is 11.8 Å². The number of aromatic nitrogens is 4. The van der Waals surface area contributed by atoms with Crippen LogP contribution < -0.4 is 16.8 Å². The van der Waals surface area contributed by atoms with E-state index >= 15 is 4.39 Å². The first-order valence-corrected chi connectivity index (χ1v) is 10.6. The average Bonchev–Trinajstić information content (AvgIpc) is 3.27. The van der Waals surface area contributed by atoms with Crippen molar-refractivity contribution in [3.63, 3.8) is 0 Å². The number of pyridine rings is 2. The second kappa shape index (κ2) is 7.54. The number of hydrogen-bond donors (Lipinski definition) is 3.